The van der Waals surface area contributed by atoms with Crippen LogP contribution in [-0.2, 0) is 11.4 Å². The normalized spacial score (nSPS) is 10.8. The van der Waals surface area contributed by atoms with E-state index in [1.165, 1.54) is 11.1 Å². The Balaban J connectivity index is 2.06. The Labute approximate surface area is 124 Å². The van der Waals surface area contributed by atoms with Crippen molar-refractivity contribution in [3.8, 4) is 5.75 Å². The molecule has 0 unspecified atom stereocenters. The average molecular weight is 282 g/mol. The molecule has 0 saturated carbocycles. The van der Waals surface area contributed by atoms with Gasteiger partial charge in [0.1, 0.15) is 12.4 Å². The van der Waals surface area contributed by atoms with Crippen molar-refractivity contribution in [2.75, 3.05) is 0 Å². The lowest BCUT2D eigenvalue weighted by molar-refractivity contribution is -0.131. The van der Waals surface area contributed by atoms with Gasteiger partial charge in [0.05, 0.1) is 0 Å². The van der Waals surface area contributed by atoms with Gasteiger partial charge in [-0.15, -0.1) is 0 Å². The number of aryl methyl sites for hydroxylation is 2. The fourth-order valence-corrected chi connectivity index (χ4v) is 2.14. The number of rotatable bonds is 5. The second-order valence-electron chi connectivity index (χ2n) is 5.03. The zero-order valence-corrected chi connectivity index (χ0v) is 12.2. The largest absolute Gasteiger partial charge is 0.489 e. The van der Waals surface area contributed by atoms with E-state index in [4.69, 9.17) is 9.84 Å². The number of carbonyl (C=O) groups is 1. The first-order valence-corrected chi connectivity index (χ1v) is 6.74. The highest BCUT2D eigenvalue weighted by Gasteiger charge is 1.99. The van der Waals surface area contributed by atoms with E-state index in [1.54, 1.807) is 6.08 Å². The van der Waals surface area contributed by atoms with Crippen LogP contribution < -0.4 is 4.74 Å². The molecule has 0 spiro atoms. The molecule has 0 radical (unpaired) electrons. The molecule has 0 atom stereocenters. The minimum absolute atomic E-state index is 0.456. The Kier molecular flexibility index (Phi) is 4.77. The smallest absolute Gasteiger partial charge is 0.328 e. The summed E-state index contributed by atoms with van der Waals surface area (Å²) >= 11 is 0. The fraction of sp³-hybridized carbons (Fsp3) is 0.167. The van der Waals surface area contributed by atoms with Crippen molar-refractivity contribution in [2.45, 2.75) is 20.5 Å². The molecule has 108 valence electrons. The van der Waals surface area contributed by atoms with Crippen LogP contribution in [0.2, 0.25) is 0 Å². The van der Waals surface area contributed by atoms with Crippen LogP contribution in [0, 0.1) is 13.8 Å². The Bertz CT molecular complexity index is 652. The molecule has 2 aromatic rings. The van der Waals surface area contributed by atoms with Gasteiger partial charge >= 0.3 is 5.97 Å². The van der Waals surface area contributed by atoms with Gasteiger partial charge in [-0.2, -0.15) is 0 Å². The highest BCUT2D eigenvalue weighted by atomic mass is 16.5. The number of benzene rings is 2. The number of carboxylic acids is 1. The van der Waals surface area contributed by atoms with Crippen LogP contribution in [-0.4, -0.2) is 11.1 Å². The molecule has 0 aliphatic rings. The first-order chi connectivity index (χ1) is 10.0. The molecule has 3 heteroatoms. The van der Waals surface area contributed by atoms with Gasteiger partial charge in [-0.05, 0) is 60.4 Å². The second kappa shape index (κ2) is 6.75. The predicted molar refractivity (Wildman–Crippen MR) is 83.4 cm³/mol. The van der Waals surface area contributed by atoms with E-state index >= 15 is 0 Å². The second-order valence-corrected chi connectivity index (χ2v) is 5.03. The Morgan fingerprint density at radius 2 is 1.86 bits per heavy atom. The highest BCUT2D eigenvalue weighted by Crippen LogP contribution is 2.18. The molecular formula is C18H18O3. The molecule has 0 bridgehead atoms. The molecule has 0 amide bonds. The van der Waals surface area contributed by atoms with E-state index in [9.17, 15) is 4.79 Å². The van der Waals surface area contributed by atoms with Crippen molar-refractivity contribution in [3.63, 3.8) is 0 Å². The van der Waals surface area contributed by atoms with E-state index in [0.717, 1.165) is 23.0 Å². The first kappa shape index (κ1) is 14.9. The van der Waals surface area contributed by atoms with Crippen molar-refractivity contribution in [1.29, 1.82) is 0 Å². The lowest BCUT2D eigenvalue weighted by Crippen LogP contribution is -1.96. The maximum Gasteiger partial charge on any atom is 0.328 e. The SMILES string of the molecule is Cc1cc(C)cc(OCc2cccc(C=CC(=O)O)c2)c1. The summed E-state index contributed by atoms with van der Waals surface area (Å²) in [5.74, 6) is -0.106. The van der Waals surface area contributed by atoms with Crippen molar-refractivity contribution in [2.24, 2.45) is 0 Å². The summed E-state index contributed by atoms with van der Waals surface area (Å²) in [5.41, 5.74) is 4.19. The molecule has 0 heterocycles. The Morgan fingerprint density at radius 1 is 1.14 bits per heavy atom. The summed E-state index contributed by atoms with van der Waals surface area (Å²) in [7, 11) is 0. The highest BCUT2D eigenvalue weighted by molar-refractivity contribution is 5.85. The van der Waals surface area contributed by atoms with Gasteiger partial charge in [0.2, 0.25) is 0 Å². The molecule has 21 heavy (non-hydrogen) atoms. The summed E-state index contributed by atoms with van der Waals surface area (Å²) in [6.07, 6.45) is 2.70. The van der Waals surface area contributed by atoms with E-state index in [1.807, 2.05) is 50.2 Å². The quantitative estimate of drug-likeness (QED) is 0.844. The van der Waals surface area contributed by atoms with Gasteiger partial charge in [-0.25, -0.2) is 4.79 Å². The summed E-state index contributed by atoms with van der Waals surface area (Å²) in [6.45, 7) is 4.53. The number of hydrogen-bond acceptors (Lipinski definition) is 2. The summed E-state index contributed by atoms with van der Waals surface area (Å²) in [5, 5.41) is 8.64. The minimum atomic E-state index is -0.952. The number of hydrogen-bond donors (Lipinski definition) is 1. The van der Waals surface area contributed by atoms with Gasteiger partial charge in [0.15, 0.2) is 0 Å². The fourth-order valence-electron chi connectivity index (χ4n) is 2.14. The Hall–Kier alpha value is -2.55. The molecule has 0 fully saturated rings. The van der Waals surface area contributed by atoms with Crippen LogP contribution in [0.4, 0.5) is 0 Å². The van der Waals surface area contributed by atoms with Gasteiger partial charge in [-0.1, -0.05) is 24.3 Å². The average Bonchev–Trinajstić information content (AvgIpc) is 2.42. The molecular weight excluding hydrogens is 264 g/mol. The zero-order chi connectivity index (χ0) is 15.2. The van der Waals surface area contributed by atoms with Gasteiger partial charge in [0, 0.05) is 6.08 Å². The maximum absolute atomic E-state index is 10.5. The van der Waals surface area contributed by atoms with E-state index in [0.29, 0.717) is 6.61 Å². The van der Waals surface area contributed by atoms with Crippen molar-refractivity contribution in [3.05, 3.63) is 70.8 Å². The van der Waals surface area contributed by atoms with Crippen molar-refractivity contribution >= 4 is 12.0 Å². The molecule has 2 rings (SSSR count). The first-order valence-electron chi connectivity index (χ1n) is 6.74. The topological polar surface area (TPSA) is 46.5 Å². The van der Waals surface area contributed by atoms with Crippen LogP contribution in [0.1, 0.15) is 22.3 Å². The molecule has 0 aromatic heterocycles. The molecule has 0 aliphatic heterocycles. The third-order valence-corrected chi connectivity index (χ3v) is 2.97. The lowest BCUT2D eigenvalue weighted by Gasteiger charge is -2.09. The third-order valence-electron chi connectivity index (χ3n) is 2.97. The van der Waals surface area contributed by atoms with Crippen molar-refractivity contribution < 1.29 is 14.6 Å². The van der Waals surface area contributed by atoms with Gasteiger partial charge in [-0.3, -0.25) is 0 Å². The standard InChI is InChI=1S/C18H18O3/c1-13-8-14(2)10-17(9-13)21-12-16-5-3-4-15(11-16)6-7-18(19)20/h3-11H,12H2,1-2H3,(H,19,20). The number of aliphatic carboxylic acids is 1. The zero-order valence-electron chi connectivity index (χ0n) is 12.2. The van der Waals surface area contributed by atoms with E-state index < -0.39 is 5.97 Å². The summed E-state index contributed by atoms with van der Waals surface area (Å²) in [4.78, 5) is 10.5. The van der Waals surface area contributed by atoms with E-state index in [2.05, 4.69) is 6.07 Å². The van der Waals surface area contributed by atoms with E-state index in [-0.39, 0.29) is 0 Å². The monoisotopic (exact) mass is 282 g/mol. The molecule has 3 nitrogen and oxygen atoms in total. The maximum atomic E-state index is 10.5. The van der Waals surface area contributed by atoms with Crippen LogP contribution >= 0.6 is 0 Å². The Morgan fingerprint density at radius 3 is 2.52 bits per heavy atom. The molecule has 0 saturated heterocycles. The minimum Gasteiger partial charge on any atom is -0.489 e. The lowest BCUT2D eigenvalue weighted by atomic mass is 10.1. The predicted octanol–water partition coefficient (Wildman–Crippen LogP) is 3.98. The third kappa shape index (κ3) is 4.80. The van der Waals surface area contributed by atoms with Crippen LogP contribution in [0.15, 0.2) is 48.5 Å². The molecule has 0 aliphatic carbocycles. The van der Waals surface area contributed by atoms with Gasteiger partial charge in [0.25, 0.3) is 0 Å². The molecule has 1 N–H and O–H groups in total. The summed E-state index contributed by atoms with van der Waals surface area (Å²) < 4.78 is 5.79. The van der Waals surface area contributed by atoms with Gasteiger partial charge < -0.3 is 9.84 Å². The molecule has 2 aromatic carbocycles. The van der Waals surface area contributed by atoms with Crippen LogP contribution in [0.25, 0.3) is 6.08 Å². The van der Waals surface area contributed by atoms with Crippen LogP contribution in [0.3, 0.4) is 0 Å². The van der Waals surface area contributed by atoms with Crippen molar-refractivity contribution in [1.82, 2.24) is 0 Å². The van der Waals surface area contributed by atoms with Crippen LogP contribution in [0.5, 0.6) is 5.75 Å². The summed E-state index contributed by atoms with van der Waals surface area (Å²) in [6, 6.07) is 13.7. The number of ether oxygens (including phenoxy) is 1. The number of carboxylic acid groups (broad SMARTS) is 1.